The average Bonchev–Trinajstić information content (AvgIpc) is 3.28. The minimum atomic E-state index is -1.37. The molecule has 2 aromatic heterocycles. The van der Waals surface area contributed by atoms with Gasteiger partial charge in [0.2, 0.25) is 0 Å². The number of hydrogen-bond acceptors (Lipinski definition) is 8. The van der Waals surface area contributed by atoms with Crippen LogP contribution >= 0.6 is 15.9 Å². The molecule has 4 rings (SSSR count). The number of aromatic nitrogens is 4. The predicted molar refractivity (Wildman–Crippen MR) is 111 cm³/mol. The number of rotatable bonds is 6. The minimum Gasteiger partial charge on any atom is -0.387 e. The molecule has 0 saturated carbocycles. The summed E-state index contributed by atoms with van der Waals surface area (Å²) in [5.41, 5.74) is 1.95. The number of amides is 1. The number of imidazole rings is 1. The van der Waals surface area contributed by atoms with E-state index in [2.05, 4.69) is 41.5 Å². The molecule has 30 heavy (non-hydrogen) atoms. The number of aliphatic hydroxyl groups excluding tert-OH is 2. The molecule has 158 valence electrons. The Morgan fingerprint density at radius 1 is 1.27 bits per heavy atom. The fraction of sp³-hybridized carbons (Fsp3) is 0.368. The van der Waals surface area contributed by atoms with E-state index in [0.717, 1.165) is 10.0 Å². The Kier molecular flexibility index (Phi) is 5.95. The van der Waals surface area contributed by atoms with Crippen molar-refractivity contribution in [2.45, 2.75) is 38.0 Å². The molecule has 0 unspecified atom stereocenters. The summed E-state index contributed by atoms with van der Waals surface area (Å²) in [6, 6.07) is 7.87. The highest BCUT2D eigenvalue weighted by Gasteiger charge is 2.47. The van der Waals surface area contributed by atoms with Gasteiger partial charge in [0.15, 0.2) is 29.3 Å². The van der Waals surface area contributed by atoms with E-state index >= 15 is 0 Å². The average molecular weight is 477 g/mol. The van der Waals surface area contributed by atoms with E-state index in [-0.39, 0.29) is 0 Å². The van der Waals surface area contributed by atoms with Gasteiger partial charge in [-0.25, -0.2) is 15.0 Å². The van der Waals surface area contributed by atoms with Gasteiger partial charge in [0.25, 0.3) is 5.91 Å². The lowest BCUT2D eigenvalue weighted by Crippen LogP contribution is -2.42. The fourth-order valence-electron chi connectivity index (χ4n) is 3.38. The maximum atomic E-state index is 12.1. The molecule has 1 fully saturated rings. The first-order valence-corrected chi connectivity index (χ1v) is 10.2. The molecule has 1 aromatic carbocycles. The molecular weight excluding hydrogens is 456 g/mol. The number of anilines is 1. The number of halogens is 1. The molecule has 1 aliphatic rings. The van der Waals surface area contributed by atoms with Crippen LogP contribution in [0.25, 0.3) is 11.2 Å². The van der Waals surface area contributed by atoms with Crippen LogP contribution in [0.4, 0.5) is 5.82 Å². The topological polar surface area (TPSA) is 134 Å². The molecule has 11 heteroatoms. The van der Waals surface area contributed by atoms with E-state index in [4.69, 9.17) is 4.74 Å². The third-order valence-corrected chi connectivity index (χ3v) is 5.32. The van der Waals surface area contributed by atoms with Crippen molar-refractivity contribution in [3.63, 3.8) is 0 Å². The molecule has 0 aliphatic carbocycles. The summed E-state index contributed by atoms with van der Waals surface area (Å²) >= 11 is 3.45. The van der Waals surface area contributed by atoms with Crippen LogP contribution in [0.1, 0.15) is 18.7 Å². The van der Waals surface area contributed by atoms with Crippen LogP contribution in [0.15, 0.2) is 41.4 Å². The molecule has 4 atom stereocenters. The first-order chi connectivity index (χ1) is 14.5. The second-order valence-electron chi connectivity index (χ2n) is 6.85. The van der Waals surface area contributed by atoms with Gasteiger partial charge in [-0.15, -0.1) is 0 Å². The van der Waals surface area contributed by atoms with Crippen LogP contribution in [0.5, 0.6) is 0 Å². The molecule has 1 saturated heterocycles. The summed E-state index contributed by atoms with van der Waals surface area (Å²) in [6.45, 7) is 2.68. The van der Waals surface area contributed by atoms with Crippen molar-refractivity contribution in [3.8, 4) is 0 Å². The van der Waals surface area contributed by atoms with E-state index in [1.807, 2.05) is 24.3 Å². The maximum absolute atomic E-state index is 12.1. The van der Waals surface area contributed by atoms with Gasteiger partial charge in [0.1, 0.15) is 18.5 Å². The van der Waals surface area contributed by atoms with Gasteiger partial charge in [-0.2, -0.15) is 0 Å². The molecule has 4 N–H and O–H groups in total. The highest BCUT2D eigenvalue weighted by atomic mass is 79.9. The molecule has 1 amide bonds. The Hall–Kier alpha value is -2.60. The number of nitrogens with one attached hydrogen (secondary N) is 2. The third kappa shape index (κ3) is 3.88. The summed E-state index contributed by atoms with van der Waals surface area (Å²) in [4.78, 5) is 25.0. The zero-order valence-corrected chi connectivity index (χ0v) is 17.7. The zero-order valence-electron chi connectivity index (χ0n) is 16.1. The van der Waals surface area contributed by atoms with E-state index in [1.165, 1.54) is 17.2 Å². The van der Waals surface area contributed by atoms with Gasteiger partial charge in [-0.05, 0) is 24.6 Å². The Balaban J connectivity index is 1.58. The number of nitrogens with zero attached hydrogens (tertiary/aromatic N) is 4. The number of carbonyl (C=O) groups excluding carboxylic acids is 1. The highest BCUT2D eigenvalue weighted by Crippen LogP contribution is 2.32. The van der Waals surface area contributed by atoms with E-state index in [1.54, 1.807) is 6.92 Å². The standard InChI is InChI=1S/C19H21BrN6O4/c1-2-21-18(29)15-13(27)14(28)19(30-15)26-9-25-12-16(23-8-24-17(12)26)22-7-10-4-3-5-11(20)6-10/h3-6,8-9,13-15,19,27-28H,2,7H2,1H3,(H,21,29)(H,22,23,24)/t13-,14+,15-,19+/m0/s1. The summed E-state index contributed by atoms with van der Waals surface area (Å²) in [5.74, 6) is 0.0361. The number of likely N-dealkylation sites (N-methyl/N-ethyl adjacent to an activating group) is 1. The predicted octanol–water partition coefficient (Wildman–Crippen LogP) is 0.956. The number of hydrogen-bond donors (Lipinski definition) is 4. The zero-order chi connectivity index (χ0) is 21.3. The lowest BCUT2D eigenvalue weighted by Gasteiger charge is -2.16. The number of benzene rings is 1. The molecular formula is C19H21BrN6O4. The lowest BCUT2D eigenvalue weighted by molar-refractivity contribution is -0.137. The summed E-state index contributed by atoms with van der Waals surface area (Å²) < 4.78 is 8.13. The van der Waals surface area contributed by atoms with Gasteiger partial charge in [-0.1, -0.05) is 28.1 Å². The maximum Gasteiger partial charge on any atom is 0.252 e. The number of ether oxygens (including phenoxy) is 1. The Bertz CT molecular complexity index is 1060. The Labute approximate surface area is 180 Å². The smallest absolute Gasteiger partial charge is 0.252 e. The van der Waals surface area contributed by atoms with E-state index in [0.29, 0.717) is 30.1 Å². The summed E-state index contributed by atoms with van der Waals surface area (Å²) in [5, 5.41) is 26.5. The molecule has 3 aromatic rings. The van der Waals surface area contributed by atoms with Gasteiger partial charge in [-0.3, -0.25) is 9.36 Å². The largest absolute Gasteiger partial charge is 0.387 e. The van der Waals surface area contributed by atoms with Crippen molar-refractivity contribution < 1.29 is 19.7 Å². The van der Waals surface area contributed by atoms with Crippen molar-refractivity contribution in [2.24, 2.45) is 0 Å². The normalized spacial score (nSPS) is 23.6. The van der Waals surface area contributed by atoms with E-state index in [9.17, 15) is 15.0 Å². The van der Waals surface area contributed by atoms with Crippen molar-refractivity contribution in [1.29, 1.82) is 0 Å². The number of aliphatic hydroxyl groups is 2. The van der Waals surface area contributed by atoms with Crippen molar-refractivity contribution in [3.05, 3.63) is 47.0 Å². The minimum absolute atomic E-state index is 0.389. The van der Waals surface area contributed by atoms with Gasteiger partial charge >= 0.3 is 0 Å². The van der Waals surface area contributed by atoms with Crippen LogP contribution in [0, 0.1) is 0 Å². The summed E-state index contributed by atoms with van der Waals surface area (Å²) in [6.07, 6.45) is -2.05. The molecule has 0 bridgehead atoms. The first-order valence-electron chi connectivity index (χ1n) is 9.44. The second kappa shape index (κ2) is 8.64. The van der Waals surface area contributed by atoms with Crippen LogP contribution in [0.2, 0.25) is 0 Å². The Morgan fingerprint density at radius 3 is 2.87 bits per heavy atom. The van der Waals surface area contributed by atoms with E-state index < -0.39 is 30.4 Å². The molecule has 10 nitrogen and oxygen atoms in total. The van der Waals surface area contributed by atoms with Crippen molar-refractivity contribution in [1.82, 2.24) is 24.8 Å². The van der Waals surface area contributed by atoms with Crippen LogP contribution in [-0.4, -0.2) is 60.5 Å². The SMILES string of the molecule is CCNC(=O)[C@H]1O[C@@H](n2cnc3c(NCc4cccc(Br)c4)ncnc32)[C@H](O)[C@@H]1O. The van der Waals surface area contributed by atoms with Crippen molar-refractivity contribution in [2.75, 3.05) is 11.9 Å². The molecule has 1 aliphatic heterocycles. The van der Waals surface area contributed by atoms with Crippen LogP contribution < -0.4 is 10.6 Å². The van der Waals surface area contributed by atoms with Gasteiger partial charge in [0.05, 0.1) is 6.33 Å². The highest BCUT2D eigenvalue weighted by molar-refractivity contribution is 9.10. The monoisotopic (exact) mass is 476 g/mol. The third-order valence-electron chi connectivity index (χ3n) is 4.83. The summed E-state index contributed by atoms with van der Waals surface area (Å²) in [7, 11) is 0. The lowest BCUT2D eigenvalue weighted by atomic mass is 10.1. The van der Waals surface area contributed by atoms with Gasteiger partial charge in [0, 0.05) is 17.6 Å². The Morgan fingerprint density at radius 2 is 2.10 bits per heavy atom. The van der Waals surface area contributed by atoms with Gasteiger partial charge < -0.3 is 25.6 Å². The first kappa shape index (κ1) is 20.7. The number of fused-ring (bicyclic) bond motifs is 1. The van der Waals surface area contributed by atoms with Crippen LogP contribution in [-0.2, 0) is 16.1 Å². The fourth-order valence-corrected chi connectivity index (χ4v) is 3.83. The molecule has 0 spiro atoms. The number of carbonyl (C=O) groups is 1. The van der Waals surface area contributed by atoms with Crippen molar-refractivity contribution >= 4 is 38.8 Å². The quantitative estimate of drug-likeness (QED) is 0.413. The molecule has 3 heterocycles. The van der Waals surface area contributed by atoms with Crippen LogP contribution in [0.3, 0.4) is 0 Å². The molecule has 0 radical (unpaired) electrons. The second-order valence-corrected chi connectivity index (χ2v) is 7.77.